The lowest BCUT2D eigenvalue weighted by Gasteiger charge is -2.27. The lowest BCUT2D eigenvalue weighted by Crippen LogP contribution is -2.37. The van der Waals surface area contributed by atoms with Crippen LogP contribution in [0, 0.1) is 0 Å². The lowest BCUT2D eigenvalue weighted by atomic mass is 10.1. The van der Waals surface area contributed by atoms with Crippen molar-refractivity contribution in [3.63, 3.8) is 0 Å². The Hall–Kier alpha value is -1.22. The van der Waals surface area contributed by atoms with Crippen LogP contribution in [0.15, 0.2) is 18.2 Å². The van der Waals surface area contributed by atoms with Crippen molar-refractivity contribution in [2.75, 3.05) is 12.8 Å². The maximum Gasteiger partial charge on any atom is 0.255 e. The third kappa shape index (κ3) is 3.21. The smallest absolute Gasteiger partial charge is 0.255 e. The standard InChI is InChI=1S/C15H21ClN2O/c1-18(11-7-4-2-3-5-8-11)15(19)12-9-6-10-13(16)14(12)17/h6,9-11H,2-5,7-8,17H2,1H3. The minimum absolute atomic E-state index is 0.0214. The first-order valence-electron chi connectivity index (χ1n) is 6.92. The highest BCUT2D eigenvalue weighted by Gasteiger charge is 2.23. The van der Waals surface area contributed by atoms with E-state index in [2.05, 4.69) is 0 Å². The van der Waals surface area contributed by atoms with Crippen LogP contribution in [0.3, 0.4) is 0 Å². The molecule has 1 aromatic carbocycles. The van der Waals surface area contributed by atoms with Crippen molar-refractivity contribution in [2.45, 2.75) is 44.6 Å². The molecule has 0 atom stereocenters. The van der Waals surface area contributed by atoms with Crippen LogP contribution in [-0.4, -0.2) is 23.9 Å². The number of amides is 1. The predicted octanol–water partition coefficient (Wildman–Crippen LogP) is 3.72. The van der Waals surface area contributed by atoms with Gasteiger partial charge in [0, 0.05) is 13.1 Å². The SMILES string of the molecule is CN(C(=O)c1cccc(Cl)c1N)C1CCCCCC1. The lowest BCUT2D eigenvalue weighted by molar-refractivity contribution is 0.0719. The molecular weight excluding hydrogens is 260 g/mol. The average molecular weight is 281 g/mol. The summed E-state index contributed by atoms with van der Waals surface area (Å²) in [5.74, 6) is -0.0214. The van der Waals surface area contributed by atoms with E-state index in [1.807, 2.05) is 11.9 Å². The maximum absolute atomic E-state index is 12.5. The van der Waals surface area contributed by atoms with E-state index in [1.165, 1.54) is 25.7 Å². The molecule has 0 spiro atoms. The Balaban J connectivity index is 2.15. The molecule has 1 amide bonds. The van der Waals surface area contributed by atoms with Crippen LogP contribution in [0.1, 0.15) is 48.9 Å². The monoisotopic (exact) mass is 280 g/mol. The van der Waals surface area contributed by atoms with Gasteiger partial charge in [-0.2, -0.15) is 0 Å². The van der Waals surface area contributed by atoms with E-state index >= 15 is 0 Å². The number of nitrogens with two attached hydrogens (primary N) is 1. The molecule has 0 aromatic heterocycles. The molecule has 1 aliphatic carbocycles. The summed E-state index contributed by atoms with van der Waals surface area (Å²) in [6.45, 7) is 0. The second-order valence-electron chi connectivity index (χ2n) is 5.26. The van der Waals surface area contributed by atoms with Gasteiger partial charge >= 0.3 is 0 Å². The maximum atomic E-state index is 12.5. The van der Waals surface area contributed by atoms with E-state index in [1.54, 1.807) is 18.2 Å². The number of carbonyl (C=O) groups is 1. The Morgan fingerprint density at radius 2 is 1.89 bits per heavy atom. The van der Waals surface area contributed by atoms with Crippen LogP contribution >= 0.6 is 11.6 Å². The summed E-state index contributed by atoms with van der Waals surface area (Å²) in [5.41, 5.74) is 6.80. The fraction of sp³-hybridized carbons (Fsp3) is 0.533. The van der Waals surface area contributed by atoms with Gasteiger partial charge in [0.1, 0.15) is 0 Å². The fourth-order valence-corrected chi connectivity index (χ4v) is 2.90. The Labute approximate surface area is 119 Å². The highest BCUT2D eigenvalue weighted by Crippen LogP contribution is 2.26. The van der Waals surface area contributed by atoms with Crippen LogP contribution in [0.4, 0.5) is 5.69 Å². The van der Waals surface area contributed by atoms with Crippen molar-refractivity contribution in [1.82, 2.24) is 4.90 Å². The molecule has 2 rings (SSSR count). The summed E-state index contributed by atoms with van der Waals surface area (Å²) in [7, 11) is 1.87. The highest BCUT2D eigenvalue weighted by molar-refractivity contribution is 6.33. The third-order valence-electron chi connectivity index (χ3n) is 3.98. The summed E-state index contributed by atoms with van der Waals surface area (Å²) in [4.78, 5) is 14.4. The van der Waals surface area contributed by atoms with E-state index < -0.39 is 0 Å². The molecule has 104 valence electrons. The van der Waals surface area contributed by atoms with Crippen LogP contribution in [-0.2, 0) is 0 Å². The number of anilines is 1. The Morgan fingerprint density at radius 1 is 1.26 bits per heavy atom. The van der Waals surface area contributed by atoms with Gasteiger partial charge in [-0.1, -0.05) is 43.4 Å². The van der Waals surface area contributed by atoms with Crippen molar-refractivity contribution in [2.24, 2.45) is 0 Å². The molecule has 3 nitrogen and oxygen atoms in total. The van der Waals surface area contributed by atoms with Crippen LogP contribution in [0.25, 0.3) is 0 Å². The molecule has 0 unspecified atom stereocenters. The minimum Gasteiger partial charge on any atom is -0.397 e. The second-order valence-corrected chi connectivity index (χ2v) is 5.67. The van der Waals surface area contributed by atoms with Crippen molar-refractivity contribution in [1.29, 1.82) is 0 Å². The average Bonchev–Trinajstić information content (AvgIpc) is 2.69. The number of nitrogen functional groups attached to an aromatic ring is 1. The zero-order valence-corrected chi connectivity index (χ0v) is 12.1. The van der Waals surface area contributed by atoms with Gasteiger partial charge in [-0.3, -0.25) is 4.79 Å². The van der Waals surface area contributed by atoms with E-state index in [4.69, 9.17) is 17.3 Å². The summed E-state index contributed by atoms with van der Waals surface area (Å²) >= 11 is 5.98. The first kappa shape index (κ1) is 14.2. The summed E-state index contributed by atoms with van der Waals surface area (Å²) in [6, 6.07) is 5.55. The number of carbonyl (C=O) groups excluding carboxylic acids is 1. The topological polar surface area (TPSA) is 46.3 Å². The van der Waals surface area contributed by atoms with Crippen LogP contribution < -0.4 is 5.73 Å². The van der Waals surface area contributed by atoms with Crippen molar-refractivity contribution in [3.05, 3.63) is 28.8 Å². The molecule has 0 radical (unpaired) electrons. The summed E-state index contributed by atoms with van der Waals surface area (Å²) < 4.78 is 0. The summed E-state index contributed by atoms with van der Waals surface area (Å²) in [6.07, 6.45) is 7.13. The molecule has 0 bridgehead atoms. The van der Waals surface area contributed by atoms with Gasteiger partial charge in [0.2, 0.25) is 0 Å². The number of para-hydroxylation sites is 1. The molecular formula is C15H21ClN2O. The number of rotatable bonds is 2. The van der Waals surface area contributed by atoms with Crippen molar-refractivity contribution in [3.8, 4) is 0 Å². The van der Waals surface area contributed by atoms with Gasteiger partial charge in [0.15, 0.2) is 0 Å². The van der Waals surface area contributed by atoms with Gasteiger partial charge in [-0.15, -0.1) is 0 Å². The molecule has 0 aliphatic heterocycles. The van der Waals surface area contributed by atoms with Gasteiger partial charge in [-0.05, 0) is 25.0 Å². The molecule has 0 heterocycles. The molecule has 1 fully saturated rings. The zero-order valence-electron chi connectivity index (χ0n) is 11.4. The molecule has 4 heteroatoms. The van der Waals surface area contributed by atoms with E-state index in [9.17, 15) is 4.79 Å². The van der Waals surface area contributed by atoms with Crippen LogP contribution in [0.5, 0.6) is 0 Å². The van der Waals surface area contributed by atoms with Crippen LogP contribution in [0.2, 0.25) is 5.02 Å². The fourth-order valence-electron chi connectivity index (χ4n) is 2.72. The van der Waals surface area contributed by atoms with Crippen molar-refractivity contribution < 1.29 is 4.79 Å². The Kier molecular flexibility index (Phi) is 4.70. The molecule has 1 aromatic rings. The zero-order chi connectivity index (χ0) is 13.8. The summed E-state index contributed by atoms with van der Waals surface area (Å²) in [5, 5.41) is 0.445. The Bertz CT molecular complexity index is 453. The van der Waals surface area contributed by atoms with Crippen molar-refractivity contribution >= 4 is 23.2 Å². The highest BCUT2D eigenvalue weighted by atomic mass is 35.5. The van der Waals surface area contributed by atoms with Gasteiger partial charge in [0.25, 0.3) is 5.91 Å². The van der Waals surface area contributed by atoms with E-state index in [0.717, 1.165) is 12.8 Å². The second kappa shape index (κ2) is 6.29. The molecule has 19 heavy (non-hydrogen) atoms. The number of nitrogens with zero attached hydrogens (tertiary/aromatic N) is 1. The predicted molar refractivity (Wildman–Crippen MR) is 79.4 cm³/mol. The van der Waals surface area contributed by atoms with E-state index in [-0.39, 0.29) is 5.91 Å². The van der Waals surface area contributed by atoms with Gasteiger partial charge in [0.05, 0.1) is 16.3 Å². The molecule has 0 saturated heterocycles. The van der Waals surface area contributed by atoms with Gasteiger partial charge in [-0.25, -0.2) is 0 Å². The number of hydrogen-bond acceptors (Lipinski definition) is 2. The van der Waals surface area contributed by atoms with E-state index in [0.29, 0.717) is 22.3 Å². The first-order chi connectivity index (χ1) is 9.11. The van der Waals surface area contributed by atoms with Gasteiger partial charge < -0.3 is 10.6 Å². The molecule has 1 saturated carbocycles. The molecule has 2 N–H and O–H groups in total. The number of hydrogen-bond donors (Lipinski definition) is 1. The largest absolute Gasteiger partial charge is 0.397 e. The first-order valence-corrected chi connectivity index (χ1v) is 7.30. The third-order valence-corrected chi connectivity index (χ3v) is 4.31. The normalized spacial score (nSPS) is 16.9. The number of benzene rings is 1. The number of halogens is 1. The molecule has 1 aliphatic rings. The quantitative estimate of drug-likeness (QED) is 0.663. The minimum atomic E-state index is -0.0214. The Morgan fingerprint density at radius 3 is 2.53 bits per heavy atom.